The van der Waals surface area contributed by atoms with Crippen LogP contribution < -0.4 is 20.6 Å². The van der Waals surface area contributed by atoms with E-state index >= 15 is 0 Å². The Kier molecular flexibility index (Phi) is 8.06. The Morgan fingerprint density at radius 3 is 1.67 bits per heavy atom. The highest BCUT2D eigenvalue weighted by Crippen LogP contribution is 2.60. The zero-order valence-corrected chi connectivity index (χ0v) is 41.9. The van der Waals surface area contributed by atoms with Crippen LogP contribution in [0.25, 0.3) is 33.4 Å². The summed E-state index contributed by atoms with van der Waals surface area (Å²) in [5.74, 6) is 0. The molecule has 13 rings (SSSR count). The molecule has 7 aromatic rings. The van der Waals surface area contributed by atoms with Gasteiger partial charge in [-0.1, -0.05) is 162 Å². The van der Waals surface area contributed by atoms with E-state index in [2.05, 4.69) is 220 Å². The quantitative estimate of drug-likeness (QED) is 0.160. The molecule has 0 aromatic heterocycles. The third kappa shape index (κ3) is 5.41. The monoisotopic (exact) mass is 873 g/mol. The van der Waals surface area contributed by atoms with Crippen LogP contribution in [0.4, 0.5) is 28.4 Å². The van der Waals surface area contributed by atoms with E-state index in [0.29, 0.717) is 0 Å². The van der Waals surface area contributed by atoms with Crippen molar-refractivity contribution in [1.29, 1.82) is 0 Å². The van der Waals surface area contributed by atoms with Gasteiger partial charge in [0.2, 0.25) is 0 Å². The van der Waals surface area contributed by atoms with Crippen LogP contribution in [0.5, 0.6) is 0 Å². The zero-order valence-electron chi connectivity index (χ0n) is 41.9. The first kappa shape index (κ1) is 41.4. The smallest absolute Gasteiger partial charge is 0.333 e. The Bertz CT molecular complexity index is 3320. The van der Waals surface area contributed by atoms with Crippen molar-refractivity contribution < 1.29 is 0 Å². The van der Waals surface area contributed by atoms with Crippen LogP contribution in [0.15, 0.2) is 127 Å². The summed E-state index contributed by atoms with van der Waals surface area (Å²) < 4.78 is 0. The van der Waals surface area contributed by atoms with Gasteiger partial charge in [-0.25, -0.2) is 0 Å². The number of benzene rings is 7. The molecule has 0 amide bonds. The zero-order chi connectivity index (χ0) is 46.5. The van der Waals surface area contributed by atoms with Gasteiger partial charge in [0.15, 0.2) is 0 Å². The molecule has 3 aliphatic carbocycles. The van der Waals surface area contributed by atoms with Crippen molar-refractivity contribution >= 4 is 46.2 Å². The van der Waals surface area contributed by atoms with Crippen molar-refractivity contribution in [2.75, 3.05) is 9.71 Å². The van der Waals surface area contributed by atoms with Crippen LogP contribution in [0.3, 0.4) is 0 Å². The van der Waals surface area contributed by atoms with Crippen LogP contribution >= 0.6 is 0 Å². The molecule has 0 atom stereocenters. The molecule has 3 aliphatic heterocycles. The summed E-state index contributed by atoms with van der Waals surface area (Å²) in [4.78, 5) is 5.47. The van der Waals surface area contributed by atoms with Crippen molar-refractivity contribution in [3.8, 4) is 33.4 Å². The second-order valence-corrected chi connectivity index (χ2v) is 25.1. The van der Waals surface area contributed by atoms with Crippen molar-refractivity contribution in [3.05, 3.63) is 172 Å². The fourth-order valence-corrected chi connectivity index (χ4v) is 14.2. The summed E-state index contributed by atoms with van der Waals surface area (Å²) in [5.41, 5.74) is 29.1. The average Bonchev–Trinajstić information content (AvgIpc) is 3.52. The molecule has 0 spiro atoms. The maximum atomic E-state index is 2.80. The fourth-order valence-electron chi connectivity index (χ4n) is 14.2. The molecule has 7 aromatic carbocycles. The summed E-state index contributed by atoms with van der Waals surface area (Å²) in [7, 11) is 0. The number of para-hydroxylation sites is 2. The lowest BCUT2D eigenvalue weighted by Crippen LogP contribution is -2.62. The molecule has 0 fully saturated rings. The lowest BCUT2D eigenvalue weighted by Gasteiger charge is -2.51. The van der Waals surface area contributed by atoms with Gasteiger partial charge in [-0.3, -0.25) is 0 Å². The third-order valence-electron chi connectivity index (χ3n) is 18.5. The highest BCUT2D eigenvalue weighted by atomic mass is 15.2. The number of anilines is 5. The van der Waals surface area contributed by atoms with Crippen molar-refractivity contribution in [2.45, 2.75) is 141 Å². The summed E-state index contributed by atoms with van der Waals surface area (Å²) in [6.07, 6.45) is 4.79. The average molecular weight is 873 g/mol. The summed E-state index contributed by atoms with van der Waals surface area (Å²) in [6, 6.07) is 50.8. The molecular formula is C64H65BN2. The van der Waals surface area contributed by atoms with Gasteiger partial charge in [0, 0.05) is 39.1 Å². The number of fused-ring (bicyclic) bond motifs is 11. The molecule has 0 radical (unpaired) electrons. The molecule has 0 N–H and O–H groups in total. The van der Waals surface area contributed by atoms with E-state index in [1.54, 1.807) is 5.56 Å². The highest BCUT2D eigenvalue weighted by molar-refractivity contribution is 6.93. The summed E-state index contributed by atoms with van der Waals surface area (Å²) >= 11 is 0. The Morgan fingerprint density at radius 2 is 0.955 bits per heavy atom. The first-order valence-corrected chi connectivity index (χ1v) is 25.3. The van der Waals surface area contributed by atoms with Crippen LogP contribution in [-0.2, 0) is 32.5 Å². The molecule has 0 unspecified atom stereocenters. The Hall–Kier alpha value is -5.80. The molecule has 0 bridgehead atoms. The van der Waals surface area contributed by atoms with Gasteiger partial charge >= 0.3 is 6.85 Å². The predicted molar refractivity (Wildman–Crippen MR) is 286 cm³/mol. The number of hydrogen-bond acceptors (Lipinski definition) is 2. The van der Waals surface area contributed by atoms with E-state index < -0.39 is 0 Å². The van der Waals surface area contributed by atoms with Crippen LogP contribution in [-0.4, -0.2) is 6.85 Å². The molecule has 3 heteroatoms. The normalized spacial score (nSPS) is 20.3. The van der Waals surface area contributed by atoms with Crippen LogP contribution in [0.2, 0.25) is 0 Å². The minimum atomic E-state index is -0.187. The first-order chi connectivity index (χ1) is 31.7. The van der Waals surface area contributed by atoms with E-state index in [1.165, 1.54) is 137 Å². The Labute approximate surface area is 400 Å². The molecule has 0 saturated carbocycles. The summed E-state index contributed by atoms with van der Waals surface area (Å²) in [5, 5.41) is 0. The SMILES string of the molecule is CC1(C)CCC(C)(C)c2cc(N3B4c5cccc6c5N(c5ccccc5C6(C)C)c5cc(-c6ccccc6)cc(c54)-c4cc5c(cc43)C(C)(C)c3cc4c(cc3-5)C(C)(C)CCC4(C)C)ccc21. The van der Waals surface area contributed by atoms with Gasteiger partial charge in [-0.2, -0.15) is 0 Å². The number of nitrogens with zero attached hydrogens (tertiary/aromatic N) is 2. The molecule has 0 saturated heterocycles. The third-order valence-corrected chi connectivity index (χ3v) is 18.5. The largest absolute Gasteiger partial charge is 0.376 e. The highest BCUT2D eigenvalue weighted by Gasteiger charge is 2.51. The minimum absolute atomic E-state index is 0.0498. The van der Waals surface area contributed by atoms with Gasteiger partial charge in [0.25, 0.3) is 0 Å². The standard InChI is InChI=1S/C64H65BN2/c1-59(2)27-28-60(3,4)50-33-40(25-26-45(50)59)67-55-37-49-41(42-35-51-52(36-48(42)64(49,11)12)62(7,8)30-29-61(51,5)6)34-43(55)44-31-39(38-19-14-13-15-20-38)32-56-57(44)65(67)53-23-18-22-47-58(53)66(56)54-24-17-16-21-46(54)63(47,9)10/h13-26,31-37H,27-30H2,1-12H3. The van der Waals surface area contributed by atoms with Crippen molar-refractivity contribution in [2.24, 2.45) is 0 Å². The topological polar surface area (TPSA) is 6.48 Å². The van der Waals surface area contributed by atoms with Gasteiger partial charge < -0.3 is 9.71 Å². The fraction of sp³-hybridized carbons (Fsp3) is 0.344. The minimum Gasteiger partial charge on any atom is -0.376 e. The summed E-state index contributed by atoms with van der Waals surface area (Å²) in [6.45, 7) is 29.6. The van der Waals surface area contributed by atoms with Crippen LogP contribution in [0.1, 0.15) is 153 Å². The molecule has 6 aliphatic rings. The van der Waals surface area contributed by atoms with Crippen LogP contribution in [0, 0.1) is 0 Å². The maximum Gasteiger partial charge on any atom is 0.333 e. The predicted octanol–water partition coefficient (Wildman–Crippen LogP) is 15.7. The van der Waals surface area contributed by atoms with Gasteiger partial charge in [0.05, 0.1) is 5.69 Å². The lowest BCUT2D eigenvalue weighted by molar-refractivity contribution is 0.331. The van der Waals surface area contributed by atoms with E-state index in [4.69, 9.17) is 0 Å². The van der Waals surface area contributed by atoms with Crippen molar-refractivity contribution in [3.63, 3.8) is 0 Å². The number of rotatable bonds is 2. The van der Waals surface area contributed by atoms with E-state index in [-0.39, 0.29) is 39.3 Å². The Balaban J connectivity index is 1.17. The van der Waals surface area contributed by atoms with Gasteiger partial charge in [-0.05, 0) is 179 Å². The lowest BCUT2D eigenvalue weighted by atomic mass is 9.42. The van der Waals surface area contributed by atoms with Crippen molar-refractivity contribution in [1.82, 2.24) is 0 Å². The second kappa shape index (κ2) is 13.0. The van der Waals surface area contributed by atoms with Gasteiger partial charge in [0.1, 0.15) is 0 Å². The number of hydrogen-bond donors (Lipinski definition) is 0. The van der Waals surface area contributed by atoms with E-state index in [9.17, 15) is 0 Å². The first-order valence-electron chi connectivity index (χ1n) is 25.3. The maximum absolute atomic E-state index is 2.80. The molecule has 334 valence electrons. The Morgan fingerprint density at radius 1 is 0.373 bits per heavy atom. The van der Waals surface area contributed by atoms with E-state index in [0.717, 1.165) is 0 Å². The molecular weight excluding hydrogens is 808 g/mol. The molecule has 67 heavy (non-hydrogen) atoms. The van der Waals surface area contributed by atoms with Gasteiger partial charge in [-0.15, -0.1) is 0 Å². The second-order valence-electron chi connectivity index (χ2n) is 25.1. The molecule has 2 nitrogen and oxygen atoms in total. The van der Waals surface area contributed by atoms with E-state index in [1.807, 2.05) is 0 Å². The molecule has 3 heterocycles.